The average molecular weight is 313 g/mol. The molecule has 2 rings (SSSR count). The van der Waals surface area contributed by atoms with E-state index in [1.807, 2.05) is 0 Å². The molecule has 0 N–H and O–H groups in total. The van der Waals surface area contributed by atoms with Crippen LogP contribution in [0.1, 0.15) is 18.2 Å². The van der Waals surface area contributed by atoms with E-state index in [4.69, 9.17) is 0 Å². The number of nitrogens with zero attached hydrogens (tertiary/aromatic N) is 1. The summed E-state index contributed by atoms with van der Waals surface area (Å²) in [7, 11) is 0. The van der Waals surface area contributed by atoms with Gasteiger partial charge in [0.15, 0.2) is 5.69 Å². The Hall–Kier alpha value is -0.640. The lowest BCUT2D eigenvalue weighted by Gasteiger charge is -2.02. The Labute approximate surface area is 108 Å². The van der Waals surface area contributed by atoms with Crippen molar-refractivity contribution in [3.05, 3.63) is 41.6 Å². The third-order valence-corrected chi connectivity index (χ3v) is 2.72. The smallest absolute Gasteiger partial charge is 0.212 e. The van der Waals surface area contributed by atoms with Crippen LogP contribution < -0.4 is 28.5 Å². The minimum Gasteiger partial charge on any atom is -1.00 e. The number of rotatable bonds is 1. The Morgan fingerprint density at radius 1 is 1.07 bits per heavy atom. The molecule has 0 fully saturated rings. The zero-order valence-corrected chi connectivity index (χ0v) is 11.6. The molecule has 0 radical (unpaired) electrons. The highest BCUT2D eigenvalue weighted by molar-refractivity contribution is 5.76. The summed E-state index contributed by atoms with van der Waals surface area (Å²) in [6.45, 7) is 7.51. The van der Waals surface area contributed by atoms with Crippen LogP contribution in [-0.4, -0.2) is 0 Å². The molecule has 0 saturated heterocycles. The van der Waals surface area contributed by atoms with Gasteiger partial charge in [0, 0.05) is 24.4 Å². The molecular formula is C13H16IN. The molecular weight excluding hydrogens is 297 g/mol. The molecule has 1 aromatic heterocycles. The van der Waals surface area contributed by atoms with E-state index in [0.29, 0.717) is 0 Å². The number of aromatic nitrogens is 1. The average Bonchev–Trinajstić information content (AvgIpc) is 2.18. The Bertz CT molecular complexity index is 477. The lowest BCUT2D eigenvalue weighted by atomic mass is 10.1. The molecule has 0 bridgehead atoms. The molecule has 0 amide bonds. The summed E-state index contributed by atoms with van der Waals surface area (Å²) >= 11 is 0. The van der Waals surface area contributed by atoms with Crippen LogP contribution in [0.2, 0.25) is 0 Å². The highest BCUT2D eigenvalue weighted by Gasteiger charge is 2.09. The number of halogens is 1. The second-order valence-electron chi connectivity index (χ2n) is 3.78. The normalized spacial score (nSPS) is 10.1. The molecule has 0 aliphatic rings. The molecule has 0 aliphatic carbocycles. The highest BCUT2D eigenvalue weighted by atomic mass is 127. The fourth-order valence-electron chi connectivity index (χ4n) is 1.96. The number of fused-ring (bicyclic) bond motifs is 1. The quantitative estimate of drug-likeness (QED) is 0.506. The molecule has 0 aliphatic heterocycles. The molecule has 1 nitrogen and oxygen atoms in total. The van der Waals surface area contributed by atoms with Crippen LogP contribution >= 0.6 is 0 Å². The maximum absolute atomic E-state index is 2.34. The van der Waals surface area contributed by atoms with E-state index in [1.54, 1.807) is 0 Å². The minimum absolute atomic E-state index is 0. The second kappa shape index (κ2) is 4.92. The first-order valence-electron chi connectivity index (χ1n) is 5.12. The molecule has 0 unspecified atom stereocenters. The van der Waals surface area contributed by atoms with Crippen molar-refractivity contribution in [2.75, 3.05) is 0 Å². The first-order valence-corrected chi connectivity index (χ1v) is 5.12. The van der Waals surface area contributed by atoms with Crippen LogP contribution in [0.25, 0.3) is 10.9 Å². The number of hydrogen-bond acceptors (Lipinski definition) is 0. The zero-order valence-electron chi connectivity index (χ0n) is 9.42. The summed E-state index contributed by atoms with van der Waals surface area (Å²) in [6.07, 6.45) is 0. The van der Waals surface area contributed by atoms with E-state index < -0.39 is 0 Å². The van der Waals surface area contributed by atoms with Gasteiger partial charge in [0.2, 0.25) is 5.52 Å². The molecule has 0 atom stereocenters. The van der Waals surface area contributed by atoms with Crippen molar-refractivity contribution in [2.24, 2.45) is 0 Å². The standard InChI is InChI=1S/C13H16N.HI/c1-4-14-11(3)6-7-12-9-10(2)5-8-13(12)14;/h5-9H,4H2,1-3H3;1H/q+1;/p-1. The number of pyridine rings is 1. The molecule has 80 valence electrons. The Balaban J connectivity index is 0.00000112. The minimum atomic E-state index is 0. The third kappa shape index (κ3) is 2.30. The summed E-state index contributed by atoms with van der Waals surface area (Å²) in [5, 5.41) is 1.33. The lowest BCUT2D eigenvalue weighted by molar-refractivity contribution is -0.673. The van der Waals surface area contributed by atoms with Gasteiger partial charge in [0.05, 0.1) is 0 Å². The summed E-state index contributed by atoms with van der Waals surface area (Å²) < 4.78 is 2.34. The van der Waals surface area contributed by atoms with E-state index in [9.17, 15) is 0 Å². The topological polar surface area (TPSA) is 3.88 Å². The largest absolute Gasteiger partial charge is 1.00 e. The van der Waals surface area contributed by atoms with Crippen molar-refractivity contribution in [1.29, 1.82) is 0 Å². The Kier molecular flexibility index (Phi) is 4.08. The van der Waals surface area contributed by atoms with Crippen molar-refractivity contribution in [1.82, 2.24) is 0 Å². The van der Waals surface area contributed by atoms with E-state index in [-0.39, 0.29) is 24.0 Å². The van der Waals surface area contributed by atoms with Crippen molar-refractivity contribution < 1.29 is 28.5 Å². The maximum atomic E-state index is 2.34. The number of hydrogen-bond donors (Lipinski definition) is 0. The lowest BCUT2D eigenvalue weighted by Crippen LogP contribution is -3.00. The van der Waals surface area contributed by atoms with Crippen molar-refractivity contribution in [3.8, 4) is 0 Å². The SMILES string of the molecule is CC[n+]1c(C)ccc2cc(C)ccc21.[I-]. The predicted molar refractivity (Wildman–Crippen MR) is 59.3 cm³/mol. The van der Waals surface area contributed by atoms with Crippen LogP contribution in [0.5, 0.6) is 0 Å². The summed E-state index contributed by atoms with van der Waals surface area (Å²) in [6, 6.07) is 11.0. The summed E-state index contributed by atoms with van der Waals surface area (Å²) in [5.41, 5.74) is 3.98. The molecule has 2 aromatic rings. The van der Waals surface area contributed by atoms with Crippen molar-refractivity contribution in [3.63, 3.8) is 0 Å². The van der Waals surface area contributed by atoms with Gasteiger partial charge in [-0.1, -0.05) is 11.6 Å². The van der Waals surface area contributed by atoms with Gasteiger partial charge in [-0.2, -0.15) is 4.57 Å². The summed E-state index contributed by atoms with van der Waals surface area (Å²) in [5.74, 6) is 0. The maximum Gasteiger partial charge on any atom is 0.212 e. The van der Waals surface area contributed by atoms with Crippen LogP contribution in [-0.2, 0) is 6.54 Å². The van der Waals surface area contributed by atoms with Crippen molar-refractivity contribution in [2.45, 2.75) is 27.3 Å². The first kappa shape index (κ1) is 12.4. The van der Waals surface area contributed by atoms with Gasteiger partial charge in [0.1, 0.15) is 6.54 Å². The van der Waals surface area contributed by atoms with Crippen LogP contribution in [0.3, 0.4) is 0 Å². The van der Waals surface area contributed by atoms with Crippen LogP contribution in [0.15, 0.2) is 30.3 Å². The number of aryl methyl sites for hydroxylation is 3. The zero-order chi connectivity index (χ0) is 10.1. The molecule has 1 aromatic carbocycles. The fourth-order valence-corrected chi connectivity index (χ4v) is 1.96. The molecule has 1 heterocycles. The monoisotopic (exact) mass is 313 g/mol. The third-order valence-electron chi connectivity index (χ3n) is 2.72. The van der Waals surface area contributed by atoms with Crippen molar-refractivity contribution >= 4 is 10.9 Å². The van der Waals surface area contributed by atoms with Gasteiger partial charge >= 0.3 is 0 Å². The Morgan fingerprint density at radius 3 is 2.47 bits per heavy atom. The van der Waals surface area contributed by atoms with E-state index >= 15 is 0 Å². The fraction of sp³-hybridized carbons (Fsp3) is 0.308. The van der Waals surface area contributed by atoms with E-state index in [0.717, 1.165) is 6.54 Å². The van der Waals surface area contributed by atoms with Gasteiger partial charge < -0.3 is 24.0 Å². The first-order chi connectivity index (χ1) is 6.72. The van der Waals surface area contributed by atoms with Gasteiger partial charge in [-0.3, -0.25) is 0 Å². The highest BCUT2D eigenvalue weighted by Crippen LogP contribution is 2.12. The van der Waals surface area contributed by atoms with E-state index in [2.05, 4.69) is 55.7 Å². The van der Waals surface area contributed by atoms with Gasteiger partial charge in [0.25, 0.3) is 0 Å². The predicted octanol–water partition coefficient (Wildman–Crippen LogP) is -0.232. The Morgan fingerprint density at radius 2 is 1.80 bits per heavy atom. The van der Waals surface area contributed by atoms with Gasteiger partial charge in [-0.25, -0.2) is 0 Å². The van der Waals surface area contributed by atoms with Gasteiger partial charge in [-0.05, 0) is 26.0 Å². The number of benzene rings is 1. The molecule has 2 heteroatoms. The van der Waals surface area contributed by atoms with Crippen LogP contribution in [0, 0.1) is 13.8 Å². The molecule has 0 spiro atoms. The second-order valence-corrected chi connectivity index (χ2v) is 3.78. The molecule has 15 heavy (non-hydrogen) atoms. The molecule has 0 saturated carbocycles. The van der Waals surface area contributed by atoms with Gasteiger partial charge in [-0.15, -0.1) is 0 Å². The van der Waals surface area contributed by atoms with E-state index in [1.165, 1.54) is 22.2 Å². The van der Waals surface area contributed by atoms with Crippen LogP contribution in [0.4, 0.5) is 0 Å². The summed E-state index contributed by atoms with van der Waals surface area (Å²) in [4.78, 5) is 0.